The van der Waals surface area contributed by atoms with E-state index >= 15 is 0 Å². The Labute approximate surface area is 72.6 Å². The Hall–Kier alpha value is -1.49. The maximum Gasteiger partial charge on any atom is 0.328 e. The Morgan fingerprint density at radius 1 is 1.50 bits per heavy atom. The molecule has 0 radical (unpaired) electrons. The van der Waals surface area contributed by atoms with Gasteiger partial charge in [-0.25, -0.2) is 4.79 Å². The van der Waals surface area contributed by atoms with Gasteiger partial charge in [0, 0.05) is 12.5 Å². The smallest absolute Gasteiger partial charge is 0.328 e. The molecule has 0 bridgehead atoms. The number of carboxylic acids is 1. The van der Waals surface area contributed by atoms with Gasteiger partial charge >= 0.3 is 5.97 Å². The number of carboxylic acid groups (broad SMARTS) is 1. The summed E-state index contributed by atoms with van der Waals surface area (Å²) in [6, 6.07) is 0. The predicted octanol–water partition coefficient (Wildman–Crippen LogP) is 1.99. The molecule has 0 saturated carbocycles. The van der Waals surface area contributed by atoms with E-state index in [1.165, 1.54) is 6.08 Å². The van der Waals surface area contributed by atoms with E-state index in [2.05, 4.69) is 5.92 Å². The summed E-state index contributed by atoms with van der Waals surface area (Å²) in [7, 11) is 0. The van der Waals surface area contributed by atoms with Gasteiger partial charge in [-0.15, -0.1) is 12.3 Å². The Bertz CT molecular complexity index is 218. The molecule has 1 N–H and O–H groups in total. The molecule has 2 nitrogen and oxygen atoms in total. The van der Waals surface area contributed by atoms with Crippen molar-refractivity contribution in [2.75, 3.05) is 0 Å². The van der Waals surface area contributed by atoms with Gasteiger partial charge in [0.2, 0.25) is 0 Å². The average Bonchev–Trinajstić information content (AvgIpc) is 2.02. The highest BCUT2D eigenvalue weighted by molar-refractivity contribution is 5.80. The summed E-state index contributed by atoms with van der Waals surface area (Å²) in [5.74, 6) is 1.60. The molecule has 2 heteroatoms. The van der Waals surface area contributed by atoms with Gasteiger partial charge in [0.05, 0.1) is 0 Å². The first-order chi connectivity index (χ1) is 5.77. The number of allylic oxidation sites excluding steroid dienone is 3. The lowest BCUT2D eigenvalue weighted by Gasteiger charge is -1.85. The first-order valence-electron chi connectivity index (χ1n) is 3.77. The fourth-order valence-electron chi connectivity index (χ4n) is 0.635. The minimum absolute atomic E-state index is 0.771. The lowest BCUT2D eigenvalue weighted by atomic mass is 10.2. The standard InChI is InChI=1S/C10H12O2/c1-2-3-4-5-6-7-8-9-10(11)12/h1,6-9H,3-5H2,(H,11,12)/b7-6+,9-8+. The molecular weight excluding hydrogens is 152 g/mol. The van der Waals surface area contributed by atoms with Crippen LogP contribution in [0.4, 0.5) is 0 Å². The number of rotatable bonds is 5. The van der Waals surface area contributed by atoms with Crippen LogP contribution in [0.3, 0.4) is 0 Å². The van der Waals surface area contributed by atoms with Gasteiger partial charge in [-0.1, -0.05) is 18.2 Å². The van der Waals surface area contributed by atoms with Crippen molar-refractivity contribution in [3.63, 3.8) is 0 Å². The van der Waals surface area contributed by atoms with Gasteiger partial charge in [-0.05, 0) is 12.8 Å². The molecule has 0 amide bonds. The van der Waals surface area contributed by atoms with Crippen molar-refractivity contribution in [2.24, 2.45) is 0 Å². The molecule has 0 unspecified atom stereocenters. The van der Waals surface area contributed by atoms with Crippen LogP contribution in [0.1, 0.15) is 19.3 Å². The second kappa shape index (κ2) is 7.62. The minimum atomic E-state index is -0.928. The molecule has 0 aliphatic rings. The van der Waals surface area contributed by atoms with Crippen molar-refractivity contribution < 1.29 is 9.90 Å². The van der Waals surface area contributed by atoms with Gasteiger partial charge in [0.15, 0.2) is 0 Å². The van der Waals surface area contributed by atoms with Crippen LogP contribution < -0.4 is 0 Å². The third-order valence-corrected chi connectivity index (χ3v) is 1.18. The van der Waals surface area contributed by atoms with E-state index in [-0.39, 0.29) is 0 Å². The lowest BCUT2D eigenvalue weighted by molar-refractivity contribution is -0.131. The molecule has 0 spiro atoms. The van der Waals surface area contributed by atoms with Gasteiger partial charge in [0.25, 0.3) is 0 Å². The van der Waals surface area contributed by atoms with E-state index in [1.54, 1.807) is 6.08 Å². The number of carbonyl (C=O) groups is 1. The first-order valence-corrected chi connectivity index (χ1v) is 3.77. The third-order valence-electron chi connectivity index (χ3n) is 1.18. The van der Waals surface area contributed by atoms with E-state index in [9.17, 15) is 4.79 Å². The molecule has 64 valence electrons. The second-order valence-corrected chi connectivity index (χ2v) is 2.22. The molecule has 0 aliphatic carbocycles. The fourth-order valence-corrected chi connectivity index (χ4v) is 0.635. The summed E-state index contributed by atoms with van der Waals surface area (Å²) < 4.78 is 0. The summed E-state index contributed by atoms with van der Waals surface area (Å²) >= 11 is 0. The van der Waals surface area contributed by atoms with Crippen molar-refractivity contribution in [2.45, 2.75) is 19.3 Å². The van der Waals surface area contributed by atoms with Gasteiger partial charge in [0.1, 0.15) is 0 Å². The van der Waals surface area contributed by atoms with Crippen molar-refractivity contribution in [1.82, 2.24) is 0 Å². The van der Waals surface area contributed by atoms with Crippen LogP contribution in [-0.2, 0) is 4.79 Å². The highest BCUT2D eigenvalue weighted by Crippen LogP contribution is 1.94. The predicted molar refractivity (Wildman–Crippen MR) is 48.6 cm³/mol. The number of aliphatic carboxylic acids is 1. The van der Waals surface area contributed by atoms with Gasteiger partial charge in [-0.2, -0.15) is 0 Å². The van der Waals surface area contributed by atoms with E-state index in [4.69, 9.17) is 11.5 Å². The SMILES string of the molecule is C#CCCC/C=C/C=C/C(=O)O. The molecule has 0 fully saturated rings. The van der Waals surface area contributed by atoms with Crippen LogP contribution in [-0.4, -0.2) is 11.1 Å². The maximum absolute atomic E-state index is 9.99. The number of unbranched alkanes of at least 4 members (excludes halogenated alkanes) is 2. The van der Waals surface area contributed by atoms with Crippen molar-refractivity contribution in [1.29, 1.82) is 0 Å². The van der Waals surface area contributed by atoms with E-state index in [1.807, 2.05) is 6.08 Å². The summed E-state index contributed by atoms with van der Waals surface area (Å²) in [5, 5.41) is 8.21. The van der Waals surface area contributed by atoms with Crippen LogP contribution in [0.5, 0.6) is 0 Å². The maximum atomic E-state index is 9.99. The summed E-state index contributed by atoms with van der Waals surface area (Å²) in [6.45, 7) is 0. The van der Waals surface area contributed by atoms with E-state index < -0.39 is 5.97 Å². The Balaban J connectivity index is 3.38. The highest BCUT2D eigenvalue weighted by atomic mass is 16.4. The molecular formula is C10H12O2. The van der Waals surface area contributed by atoms with Crippen molar-refractivity contribution >= 4 is 5.97 Å². The Kier molecular flexibility index (Phi) is 6.67. The number of hydrogen-bond acceptors (Lipinski definition) is 1. The Morgan fingerprint density at radius 3 is 2.83 bits per heavy atom. The molecule has 0 aromatic carbocycles. The molecule has 0 heterocycles. The monoisotopic (exact) mass is 164 g/mol. The first kappa shape index (κ1) is 10.5. The Morgan fingerprint density at radius 2 is 2.25 bits per heavy atom. The fraction of sp³-hybridized carbons (Fsp3) is 0.300. The number of terminal acetylenes is 1. The second-order valence-electron chi connectivity index (χ2n) is 2.22. The normalized spacial score (nSPS) is 10.6. The van der Waals surface area contributed by atoms with Crippen molar-refractivity contribution in [3.8, 4) is 12.3 Å². The largest absolute Gasteiger partial charge is 0.478 e. The van der Waals surface area contributed by atoms with Crippen LogP contribution in [0, 0.1) is 12.3 Å². The van der Waals surface area contributed by atoms with Gasteiger partial charge < -0.3 is 5.11 Å². The topological polar surface area (TPSA) is 37.3 Å². The summed E-state index contributed by atoms with van der Waals surface area (Å²) in [6.07, 6.45) is 13.9. The van der Waals surface area contributed by atoms with Crippen LogP contribution in [0.25, 0.3) is 0 Å². The minimum Gasteiger partial charge on any atom is -0.478 e. The molecule has 0 rings (SSSR count). The van der Waals surface area contributed by atoms with E-state index in [0.29, 0.717) is 0 Å². The zero-order valence-corrected chi connectivity index (χ0v) is 6.86. The zero-order valence-electron chi connectivity index (χ0n) is 6.86. The summed E-state index contributed by atoms with van der Waals surface area (Å²) in [4.78, 5) is 9.99. The third kappa shape index (κ3) is 8.51. The average molecular weight is 164 g/mol. The summed E-state index contributed by atoms with van der Waals surface area (Å²) in [5.41, 5.74) is 0. The van der Waals surface area contributed by atoms with Crippen molar-refractivity contribution in [3.05, 3.63) is 24.3 Å². The van der Waals surface area contributed by atoms with Crippen LogP contribution in [0.2, 0.25) is 0 Å². The van der Waals surface area contributed by atoms with E-state index in [0.717, 1.165) is 25.3 Å². The molecule has 12 heavy (non-hydrogen) atoms. The number of hydrogen-bond donors (Lipinski definition) is 1. The zero-order chi connectivity index (χ0) is 9.23. The van der Waals surface area contributed by atoms with Crippen LogP contribution >= 0.6 is 0 Å². The quantitative estimate of drug-likeness (QED) is 0.292. The molecule has 0 saturated heterocycles. The molecule has 0 aromatic rings. The van der Waals surface area contributed by atoms with Gasteiger partial charge in [-0.3, -0.25) is 0 Å². The highest BCUT2D eigenvalue weighted by Gasteiger charge is 1.81. The molecule has 0 atom stereocenters. The molecule has 0 aliphatic heterocycles. The molecule has 0 aromatic heterocycles. The lowest BCUT2D eigenvalue weighted by Crippen LogP contribution is -1.84. The van der Waals surface area contributed by atoms with Crippen LogP contribution in [0.15, 0.2) is 24.3 Å².